The van der Waals surface area contributed by atoms with Crippen molar-refractivity contribution in [1.82, 2.24) is 4.98 Å². The SMILES string of the molecule is COc1cc2c(Oc3ccc(NC(=O)C4(C(=O)Nc5ccc(F)cc5)CC4)cc3F)ccnc2cc1OCCC(=O)O.[CaH2]. The number of pyridine rings is 1. The van der Waals surface area contributed by atoms with Crippen LogP contribution in [0.5, 0.6) is 23.0 Å². The number of anilines is 2. The van der Waals surface area contributed by atoms with Gasteiger partial charge >= 0.3 is 43.7 Å². The summed E-state index contributed by atoms with van der Waals surface area (Å²) in [6, 6.07) is 13.8. The molecule has 0 radical (unpaired) electrons. The first kappa shape index (κ1) is 31.9. The number of nitrogens with zero attached hydrogens (tertiary/aromatic N) is 1. The van der Waals surface area contributed by atoms with Gasteiger partial charge in [-0.05, 0) is 61.4 Å². The van der Waals surface area contributed by atoms with Gasteiger partial charge in [0.05, 0.1) is 25.7 Å². The van der Waals surface area contributed by atoms with E-state index >= 15 is 4.39 Å². The number of methoxy groups -OCH3 is 1. The first-order valence-electron chi connectivity index (χ1n) is 12.9. The van der Waals surface area contributed by atoms with E-state index in [0.29, 0.717) is 40.9 Å². The van der Waals surface area contributed by atoms with Gasteiger partial charge in [0.25, 0.3) is 0 Å². The van der Waals surface area contributed by atoms with E-state index in [0.717, 1.165) is 6.07 Å². The molecule has 13 heteroatoms. The molecular formula is C30H27CaF2N3O7. The van der Waals surface area contributed by atoms with Crippen LogP contribution in [0.25, 0.3) is 10.9 Å². The van der Waals surface area contributed by atoms with Gasteiger partial charge in [-0.25, -0.2) is 8.78 Å². The number of rotatable bonds is 11. The summed E-state index contributed by atoms with van der Waals surface area (Å²) in [6.07, 6.45) is 1.91. The summed E-state index contributed by atoms with van der Waals surface area (Å²) in [5.74, 6) is -2.59. The number of carboxylic acid groups (broad SMARTS) is 1. The van der Waals surface area contributed by atoms with Crippen molar-refractivity contribution in [2.24, 2.45) is 5.41 Å². The molecule has 0 aliphatic heterocycles. The molecule has 5 rings (SSSR count). The van der Waals surface area contributed by atoms with Crippen LogP contribution in [0.2, 0.25) is 0 Å². The molecule has 1 aliphatic carbocycles. The number of nitrogens with one attached hydrogen (secondary N) is 2. The van der Waals surface area contributed by atoms with Gasteiger partial charge in [-0.15, -0.1) is 0 Å². The molecule has 2 amide bonds. The third kappa shape index (κ3) is 7.32. The summed E-state index contributed by atoms with van der Waals surface area (Å²) in [5.41, 5.74) is -0.367. The minimum atomic E-state index is -1.30. The molecule has 0 spiro atoms. The Balaban J connectivity index is 0.00000423. The van der Waals surface area contributed by atoms with Crippen molar-refractivity contribution in [2.75, 3.05) is 24.4 Å². The van der Waals surface area contributed by atoms with Crippen LogP contribution in [0.4, 0.5) is 20.2 Å². The average molecular weight is 620 g/mol. The molecule has 220 valence electrons. The van der Waals surface area contributed by atoms with E-state index in [-0.39, 0.29) is 68.0 Å². The van der Waals surface area contributed by atoms with Crippen LogP contribution in [-0.4, -0.2) is 79.3 Å². The zero-order valence-electron chi connectivity index (χ0n) is 22.3. The number of aliphatic carboxylic acids is 1. The number of fused-ring (bicyclic) bond motifs is 1. The van der Waals surface area contributed by atoms with Gasteiger partial charge in [-0.2, -0.15) is 0 Å². The third-order valence-electron chi connectivity index (χ3n) is 6.69. The van der Waals surface area contributed by atoms with Crippen molar-refractivity contribution < 1.29 is 42.5 Å². The zero-order chi connectivity index (χ0) is 29.9. The first-order valence-corrected chi connectivity index (χ1v) is 12.9. The Morgan fingerprint density at radius 3 is 2.19 bits per heavy atom. The molecule has 4 aromatic rings. The number of hydrogen-bond acceptors (Lipinski definition) is 7. The maximum atomic E-state index is 15.1. The fourth-order valence-electron chi connectivity index (χ4n) is 4.23. The molecule has 43 heavy (non-hydrogen) atoms. The van der Waals surface area contributed by atoms with Crippen molar-refractivity contribution in [3.63, 3.8) is 0 Å². The number of halogens is 2. The van der Waals surface area contributed by atoms with Gasteiger partial charge in [-0.1, -0.05) is 0 Å². The molecule has 3 N–H and O–H groups in total. The van der Waals surface area contributed by atoms with Gasteiger partial charge in [0, 0.05) is 35.1 Å². The second-order valence-corrected chi connectivity index (χ2v) is 9.57. The molecule has 1 aliphatic rings. The minimum absolute atomic E-state index is 0. The topological polar surface area (TPSA) is 136 Å². The Kier molecular flexibility index (Phi) is 10.0. The molecule has 10 nitrogen and oxygen atoms in total. The first-order chi connectivity index (χ1) is 20.2. The molecular weight excluding hydrogens is 592 g/mol. The second-order valence-electron chi connectivity index (χ2n) is 9.57. The zero-order valence-corrected chi connectivity index (χ0v) is 22.3. The van der Waals surface area contributed by atoms with Gasteiger partial charge in [0.1, 0.15) is 17.0 Å². The number of carbonyl (C=O) groups is 3. The Morgan fingerprint density at radius 2 is 1.56 bits per heavy atom. The van der Waals surface area contributed by atoms with E-state index in [9.17, 15) is 18.8 Å². The number of aromatic nitrogens is 1. The number of carboxylic acids is 1. The van der Waals surface area contributed by atoms with Crippen molar-refractivity contribution in [3.05, 3.63) is 78.5 Å². The van der Waals surface area contributed by atoms with E-state index in [4.69, 9.17) is 19.3 Å². The van der Waals surface area contributed by atoms with E-state index in [1.807, 2.05) is 0 Å². The van der Waals surface area contributed by atoms with Crippen LogP contribution in [0.15, 0.2) is 66.9 Å². The Hall–Kier alpha value is -4.00. The predicted octanol–water partition coefficient (Wildman–Crippen LogP) is 4.61. The molecule has 3 aromatic carbocycles. The summed E-state index contributed by atoms with van der Waals surface area (Å²) in [5, 5.41) is 14.5. The van der Waals surface area contributed by atoms with E-state index in [1.54, 1.807) is 18.2 Å². The van der Waals surface area contributed by atoms with E-state index in [2.05, 4.69) is 15.6 Å². The normalized spacial score (nSPS) is 12.9. The number of carbonyl (C=O) groups excluding carboxylic acids is 2. The van der Waals surface area contributed by atoms with Crippen LogP contribution >= 0.6 is 0 Å². The van der Waals surface area contributed by atoms with Crippen LogP contribution in [0.3, 0.4) is 0 Å². The Bertz CT molecular complexity index is 1680. The van der Waals surface area contributed by atoms with Crippen molar-refractivity contribution in [2.45, 2.75) is 19.3 Å². The molecule has 1 aromatic heterocycles. The summed E-state index contributed by atoms with van der Waals surface area (Å²) < 4.78 is 45.0. The number of benzene rings is 3. The number of hydrogen-bond donors (Lipinski definition) is 3. The fourth-order valence-corrected chi connectivity index (χ4v) is 4.23. The Morgan fingerprint density at radius 1 is 0.884 bits per heavy atom. The number of amides is 2. The molecule has 0 atom stereocenters. The summed E-state index contributed by atoms with van der Waals surface area (Å²) in [7, 11) is 1.42. The molecule has 1 heterocycles. The van der Waals surface area contributed by atoms with Crippen molar-refractivity contribution >= 4 is 77.8 Å². The van der Waals surface area contributed by atoms with Gasteiger partial charge in [-0.3, -0.25) is 19.4 Å². The van der Waals surface area contributed by atoms with Crippen LogP contribution in [-0.2, 0) is 14.4 Å². The maximum absolute atomic E-state index is 15.1. The number of ether oxygens (including phenoxy) is 3. The van der Waals surface area contributed by atoms with Crippen LogP contribution < -0.4 is 24.8 Å². The van der Waals surface area contributed by atoms with Crippen molar-refractivity contribution in [3.8, 4) is 23.0 Å². The fraction of sp³-hybridized carbons (Fsp3) is 0.200. The quantitative estimate of drug-likeness (QED) is 0.164. The molecule has 0 unspecified atom stereocenters. The van der Waals surface area contributed by atoms with E-state index in [1.165, 1.54) is 49.7 Å². The van der Waals surface area contributed by atoms with Gasteiger partial charge in [0.15, 0.2) is 23.1 Å². The molecule has 0 bridgehead atoms. The molecule has 0 saturated heterocycles. The third-order valence-corrected chi connectivity index (χ3v) is 6.69. The summed E-state index contributed by atoms with van der Waals surface area (Å²) >= 11 is 0. The van der Waals surface area contributed by atoms with Gasteiger partial charge in [0.2, 0.25) is 11.8 Å². The summed E-state index contributed by atoms with van der Waals surface area (Å²) in [4.78, 5) is 40.8. The molecule has 1 fully saturated rings. The van der Waals surface area contributed by atoms with Crippen LogP contribution in [0.1, 0.15) is 19.3 Å². The Labute approximate surface area is 274 Å². The standard InChI is InChI=1S/C30H25F2N3O7.Ca.2H/c1-40-25-15-20-22(16-26(25)41-13-9-27(36)37)33-12-8-23(20)42-24-7-6-19(14-21(24)32)35-29(39)30(10-11-30)28(38)34-18-4-2-17(31)3-5-18;;;/h2-8,12,14-16H,9-11,13H2,1H3,(H,34,38)(H,35,39)(H,36,37);;;. The van der Waals surface area contributed by atoms with Crippen LogP contribution in [0, 0.1) is 17.0 Å². The van der Waals surface area contributed by atoms with Gasteiger partial charge < -0.3 is 30.0 Å². The monoisotopic (exact) mass is 619 g/mol. The van der Waals surface area contributed by atoms with E-state index < -0.39 is 34.8 Å². The molecule has 1 saturated carbocycles. The summed E-state index contributed by atoms with van der Waals surface area (Å²) in [6.45, 7) is -0.0679. The van der Waals surface area contributed by atoms with Crippen molar-refractivity contribution in [1.29, 1.82) is 0 Å². The average Bonchev–Trinajstić information content (AvgIpc) is 3.78. The second kappa shape index (κ2) is 13.5. The predicted molar refractivity (Wildman–Crippen MR) is 156 cm³/mol.